The molecule has 0 aliphatic carbocycles. The molecule has 0 saturated heterocycles. The minimum atomic E-state index is -0.972. The van der Waals surface area contributed by atoms with Crippen molar-refractivity contribution in [3.63, 3.8) is 0 Å². The Morgan fingerprint density at radius 2 is 1.54 bits per heavy atom. The van der Waals surface area contributed by atoms with Crippen molar-refractivity contribution in [3.05, 3.63) is 0 Å². The van der Waals surface area contributed by atoms with E-state index in [0.29, 0.717) is 35.7 Å². The third-order valence-corrected chi connectivity index (χ3v) is 15.5. The summed E-state index contributed by atoms with van der Waals surface area (Å²) in [6.45, 7) is 0.436. The number of aliphatic imine (C=N–C) groups is 2. The van der Waals surface area contributed by atoms with Gasteiger partial charge in [-0.1, -0.05) is 11.8 Å². The lowest BCUT2D eigenvalue weighted by Gasteiger charge is -2.05. The van der Waals surface area contributed by atoms with Crippen LogP contribution in [0.15, 0.2) is 9.98 Å². The number of carbonyl (C=O) groups excluding carboxylic acids is 1. The second-order valence-electron chi connectivity index (χ2n) is 5.83. The van der Waals surface area contributed by atoms with Crippen LogP contribution in [-0.4, -0.2) is 104 Å². The van der Waals surface area contributed by atoms with E-state index in [-0.39, 0.29) is 11.8 Å². The van der Waals surface area contributed by atoms with Gasteiger partial charge in [0, 0.05) is 42.2 Å². The van der Waals surface area contributed by atoms with E-state index in [0.717, 1.165) is 35.6 Å². The molecule has 218 valence electrons. The van der Waals surface area contributed by atoms with Gasteiger partial charge in [0.2, 0.25) is 6.40 Å². The molecule has 0 saturated carbocycles. The third-order valence-electron chi connectivity index (χ3n) is 2.92. The summed E-state index contributed by atoms with van der Waals surface area (Å²) in [4.78, 5) is 29.5. The van der Waals surface area contributed by atoms with E-state index in [2.05, 4.69) is 15.3 Å². The molecule has 0 fully saturated rings. The Labute approximate surface area is 266 Å². The Hall–Kier alpha value is 2.18. The monoisotopic (exact) mass is 725 g/mol. The van der Waals surface area contributed by atoms with Crippen molar-refractivity contribution in [1.82, 2.24) is 5.32 Å². The van der Waals surface area contributed by atoms with Gasteiger partial charge in [0.25, 0.3) is 5.24 Å². The van der Waals surface area contributed by atoms with Gasteiger partial charge >= 0.3 is 0 Å². The standard InChI is InChI=1S/C18H35N3O5S11/c1-27-6-20-9-37(24)17-35-15-33-13-32-14-34-16-36-18(23)21-8-29-11-31-12-30-10-28-7-19-5-26-25-4-2-3-22/h5,9,22H,2-4,6-8,10-17H2,1H3,(H,21,23)/b19-5-,20-9-. The zero-order valence-corrected chi connectivity index (χ0v) is 29.5. The Bertz CT molecular complexity index is 598. The number of carbonyl (C=O) groups is 1. The fourth-order valence-electron chi connectivity index (χ4n) is 1.51. The molecule has 8 nitrogen and oxygen atoms in total. The van der Waals surface area contributed by atoms with Gasteiger partial charge in [-0.25, -0.2) is 4.99 Å². The van der Waals surface area contributed by atoms with Gasteiger partial charge in [0.15, 0.2) is 0 Å². The maximum atomic E-state index is 11.9. The zero-order chi connectivity index (χ0) is 27.1. The number of aliphatic hydroxyl groups excluding tert-OH is 1. The maximum Gasteiger partial charge on any atom is 0.280 e. The first-order chi connectivity index (χ1) is 18.2. The first-order valence-corrected chi connectivity index (χ1v) is 23.5. The molecule has 1 unspecified atom stereocenters. The summed E-state index contributed by atoms with van der Waals surface area (Å²) in [6, 6.07) is 0. The molecule has 1 amide bonds. The van der Waals surface area contributed by atoms with Gasteiger partial charge in [-0.2, -0.15) is 4.89 Å². The van der Waals surface area contributed by atoms with E-state index in [9.17, 15) is 9.00 Å². The van der Waals surface area contributed by atoms with Gasteiger partial charge in [0.1, 0.15) is 0 Å². The highest BCUT2D eigenvalue weighted by Crippen LogP contribution is 2.24. The van der Waals surface area contributed by atoms with Crippen LogP contribution in [0.2, 0.25) is 0 Å². The Balaban J connectivity index is 3.26. The molecule has 0 aliphatic heterocycles. The van der Waals surface area contributed by atoms with Gasteiger partial charge < -0.3 is 15.3 Å². The number of rotatable bonds is 28. The SMILES string of the molecule is CSC/N=C\S(=O)CSCSCSCSCSC(=O)NCSCSCSCSC/N=C\OOCCCO. The number of hydrogen-bond acceptors (Lipinski definition) is 17. The van der Waals surface area contributed by atoms with Crippen LogP contribution in [0.3, 0.4) is 0 Å². The van der Waals surface area contributed by atoms with Crippen LogP contribution in [0.1, 0.15) is 6.42 Å². The summed E-state index contributed by atoms with van der Waals surface area (Å²) in [5.74, 6) is 1.92. The molecule has 0 rings (SSSR count). The Morgan fingerprint density at radius 3 is 2.24 bits per heavy atom. The Kier molecular flexibility index (Phi) is 36.4. The van der Waals surface area contributed by atoms with Gasteiger partial charge in [0.05, 0.1) is 45.7 Å². The van der Waals surface area contributed by atoms with E-state index in [1.165, 1.54) is 18.2 Å². The third kappa shape index (κ3) is 34.3. The summed E-state index contributed by atoms with van der Waals surface area (Å²) in [5, 5.41) is 18.7. The summed E-state index contributed by atoms with van der Waals surface area (Å²) in [6.07, 6.45) is 3.80. The predicted octanol–water partition coefficient (Wildman–Crippen LogP) is 6.33. The number of aliphatic hydroxyl groups is 1. The molecule has 2 N–H and O–H groups in total. The van der Waals surface area contributed by atoms with Crippen LogP contribution in [0.5, 0.6) is 0 Å². The maximum absolute atomic E-state index is 11.9. The summed E-state index contributed by atoms with van der Waals surface area (Å²) in [5.41, 5.74) is 1.55. The van der Waals surface area contributed by atoms with Crippen molar-refractivity contribution < 1.29 is 23.9 Å². The average molecular weight is 726 g/mol. The first-order valence-electron chi connectivity index (χ1n) is 10.5. The molecule has 0 radical (unpaired) electrons. The fraction of sp³-hybridized carbons (Fsp3) is 0.833. The van der Waals surface area contributed by atoms with Crippen molar-refractivity contribution in [3.8, 4) is 0 Å². The zero-order valence-electron chi connectivity index (χ0n) is 20.5. The lowest BCUT2D eigenvalue weighted by atomic mass is 10.5. The Morgan fingerprint density at radius 1 is 0.892 bits per heavy atom. The molecule has 0 aromatic heterocycles. The van der Waals surface area contributed by atoms with Crippen LogP contribution in [0.25, 0.3) is 0 Å². The second-order valence-corrected chi connectivity index (χ2v) is 19.7. The summed E-state index contributed by atoms with van der Waals surface area (Å²) < 4.78 is 11.6. The molecule has 0 aliphatic rings. The molecular formula is C18H35N3O5S11. The van der Waals surface area contributed by atoms with Gasteiger partial charge in [-0.3, -0.25) is 14.0 Å². The van der Waals surface area contributed by atoms with Crippen LogP contribution in [0.4, 0.5) is 4.79 Å². The van der Waals surface area contributed by atoms with Crippen LogP contribution >= 0.6 is 118 Å². The van der Waals surface area contributed by atoms with Crippen molar-refractivity contribution in [2.75, 3.05) is 77.8 Å². The smallest absolute Gasteiger partial charge is 0.280 e. The molecule has 0 aromatic carbocycles. The van der Waals surface area contributed by atoms with E-state index in [1.54, 1.807) is 64.4 Å². The highest BCUT2D eigenvalue weighted by molar-refractivity contribution is 8.30. The minimum Gasteiger partial charge on any atom is -0.396 e. The largest absolute Gasteiger partial charge is 0.396 e. The number of thioether (sulfide) groups is 10. The van der Waals surface area contributed by atoms with Gasteiger partial charge in [-0.05, 0) is 12.7 Å². The average Bonchev–Trinajstić information content (AvgIpc) is 2.89. The van der Waals surface area contributed by atoms with Crippen LogP contribution in [-0.2, 0) is 20.6 Å². The molecule has 19 heteroatoms. The predicted molar refractivity (Wildman–Crippen MR) is 188 cm³/mol. The van der Waals surface area contributed by atoms with Crippen molar-refractivity contribution in [1.29, 1.82) is 0 Å². The second kappa shape index (κ2) is 34.4. The highest BCUT2D eigenvalue weighted by atomic mass is 32.3. The number of hydrogen-bond donors (Lipinski definition) is 2. The topological polar surface area (TPSA) is 110 Å². The molecule has 1 atom stereocenters. The molecule has 0 bridgehead atoms. The molecule has 0 spiro atoms. The van der Waals surface area contributed by atoms with Crippen molar-refractivity contribution in [2.45, 2.75) is 6.42 Å². The molecular weight excluding hydrogens is 691 g/mol. The molecule has 0 aromatic rings. The normalized spacial score (nSPS) is 12.5. The van der Waals surface area contributed by atoms with E-state index < -0.39 is 10.8 Å². The van der Waals surface area contributed by atoms with Crippen LogP contribution in [0, 0.1) is 0 Å². The number of nitrogens with one attached hydrogen (secondary N) is 1. The van der Waals surface area contributed by atoms with Crippen LogP contribution < -0.4 is 5.32 Å². The lowest BCUT2D eigenvalue weighted by Crippen LogP contribution is -2.17. The quantitative estimate of drug-likeness (QED) is 0.0234. The van der Waals surface area contributed by atoms with Crippen molar-refractivity contribution in [2.24, 2.45) is 9.98 Å². The highest BCUT2D eigenvalue weighted by Gasteiger charge is 2.02. The molecule has 0 heterocycles. The summed E-state index contributed by atoms with van der Waals surface area (Å²) >= 11 is 17.2. The van der Waals surface area contributed by atoms with Gasteiger partial charge in [-0.15, -0.1) is 106 Å². The van der Waals surface area contributed by atoms with E-state index >= 15 is 0 Å². The van der Waals surface area contributed by atoms with E-state index in [4.69, 9.17) is 14.9 Å². The van der Waals surface area contributed by atoms with Crippen molar-refractivity contribution >= 4 is 146 Å². The first kappa shape index (κ1) is 39.2. The molecule has 37 heavy (non-hydrogen) atoms. The minimum absolute atomic E-state index is 0.0314. The number of nitrogens with zero attached hydrogens (tertiary/aromatic N) is 2. The lowest BCUT2D eigenvalue weighted by molar-refractivity contribution is -0.217. The number of amides is 1. The summed E-state index contributed by atoms with van der Waals surface area (Å²) in [7, 11) is -0.972. The fourth-order valence-corrected chi connectivity index (χ4v) is 13.2. The van der Waals surface area contributed by atoms with E-state index in [1.807, 2.05) is 53.3 Å².